The van der Waals surface area contributed by atoms with E-state index >= 15 is 0 Å². The molecule has 0 heterocycles. The average Bonchev–Trinajstić information content (AvgIpc) is 2.75. The molecule has 2 amide bonds. The first kappa shape index (κ1) is 21.1. The third-order valence-electron chi connectivity index (χ3n) is 4.01. The number of hydrogen-bond donors (Lipinski definition) is 2. The summed E-state index contributed by atoms with van der Waals surface area (Å²) in [7, 11) is 0. The fourth-order valence-corrected chi connectivity index (χ4v) is 2.71. The fourth-order valence-electron chi connectivity index (χ4n) is 2.52. The van der Waals surface area contributed by atoms with Crippen LogP contribution in [0.25, 0.3) is 0 Å². The molecular weight excluding hydrogens is 402 g/mol. The van der Waals surface area contributed by atoms with Crippen molar-refractivity contribution in [3.05, 3.63) is 95.0 Å². The van der Waals surface area contributed by atoms with E-state index in [4.69, 9.17) is 16.3 Å². The Labute approximate surface area is 179 Å². The van der Waals surface area contributed by atoms with Gasteiger partial charge in [-0.05, 0) is 48.0 Å². The number of hydrazone groups is 1. The average molecular weight is 422 g/mol. The summed E-state index contributed by atoms with van der Waals surface area (Å²) in [5.41, 5.74) is 4.65. The Bertz CT molecular complexity index is 1020. The zero-order chi connectivity index (χ0) is 21.2. The predicted octanol–water partition coefficient (Wildman–Crippen LogP) is 4.40. The van der Waals surface area contributed by atoms with Gasteiger partial charge in [0, 0.05) is 16.3 Å². The number of nitrogens with one attached hydrogen (secondary N) is 2. The van der Waals surface area contributed by atoms with Crippen molar-refractivity contribution in [1.82, 2.24) is 5.43 Å². The molecule has 0 saturated heterocycles. The summed E-state index contributed by atoms with van der Waals surface area (Å²) in [5.74, 6) is -0.220. The molecule has 3 rings (SSSR count). The molecule has 0 spiro atoms. The number of carbonyl (C=O) groups excluding carboxylic acids is 2. The van der Waals surface area contributed by atoms with Crippen LogP contribution in [0, 0.1) is 0 Å². The maximum Gasteiger partial charge on any atom is 0.249 e. The summed E-state index contributed by atoms with van der Waals surface area (Å²) in [6, 6.07) is 23.6. The monoisotopic (exact) mass is 421 g/mol. The molecule has 6 nitrogen and oxygen atoms in total. The van der Waals surface area contributed by atoms with Crippen molar-refractivity contribution >= 4 is 35.3 Å². The molecule has 7 heteroatoms. The largest absolute Gasteiger partial charge is 0.489 e. The van der Waals surface area contributed by atoms with Crippen molar-refractivity contribution in [2.45, 2.75) is 13.0 Å². The van der Waals surface area contributed by atoms with E-state index in [1.807, 2.05) is 30.3 Å². The summed E-state index contributed by atoms with van der Waals surface area (Å²) in [4.78, 5) is 23.7. The number of hydrogen-bond acceptors (Lipinski definition) is 4. The number of anilines is 1. The van der Waals surface area contributed by atoms with Crippen molar-refractivity contribution in [2.75, 3.05) is 5.32 Å². The molecule has 0 fully saturated rings. The summed E-state index contributed by atoms with van der Waals surface area (Å²) in [6.07, 6.45) is 1.17. The number of amides is 2. The molecular formula is C23H20ClN3O3. The molecule has 0 atom stereocenters. The molecule has 0 aliphatic heterocycles. The van der Waals surface area contributed by atoms with E-state index in [1.165, 1.54) is 6.21 Å². The number of ether oxygens (including phenoxy) is 1. The van der Waals surface area contributed by atoms with Gasteiger partial charge < -0.3 is 10.1 Å². The van der Waals surface area contributed by atoms with Crippen LogP contribution in [-0.4, -0.2) is 18.0 Å². The van der Waals surface area contributed by atoms with Crippen LogP contribution >= 0.6 is 11.6 Å². The van der Waals surface area contributed by atoms with Gasteiger partial charge in [0.1, 0.15) is 18.8 Å². The van der Waals surface area contributed by atoms with E-state index < -0.39 is 11.8 Å². The highest BCUT2D eigenvalue weighted by Gasteiger charge is 2.08. The molecule has 152 valence electrons. The summed E-state index contributed by atoms with van der Waals surface area (Å²) < 4.78 is 5.72. The minimum atomic E-state index is -0.501. The van der Waals surface area contributed by atoms with Crippen LogP contribution in [0.3, 0.4) is 0 Å². The summed E-state index contributed by atoms with van der Waals surface area (Å²) >= 11 is 6.11. The molecule has 0 aliphatic rings. The van der Waals surface area contributed by atoms with Gasteiger partial charge >= 0.3 is 0 Å². The summed E-state index contributed by atoms with van der Waals surface area (Å²) in [5, 5.41) is 7.18. The lowest BCUT2D eigenvalue weighted by Crippen LogP contribution is -2.24. The third kappa shape index (κ3) is 6.76. The van der Waals surface area contributed by atoms with Crippen molar-refractivity contribution in [3.8, 4) is 5.75 Å². The molecule has 30 heavy (non-hydrogen) atoms. The van der Waals surface area contributed by atoms with Gasteiger partial charge in [-0.15, -0.1) is 0 Å². The van der Waals surface area contributed by atoms with E-state index in [2.05, 4.69) is 15.8 Å². The van der Waals surface area contributed by atoms with E-state index in [-0.39, 0.29) is 6.42 Å². The number of nitrogens with zero attached hydrogens (tertiary/aromatic N) is 1. The first-order chi connectivity index (χ1) is 14.6. The molecule has 3 aromatic carbocycles. The van der Waals surface area contributed by atoms with E-state index in [1.54, 1.807) is 48.5 Å². The molecule has 2 N–H and O–H groups in total. The molecule has 0 unspecified atom stereocenters. The van der Waals surface area contributed by atoms with Gasteiger partial charge in [0.15, 0.2) is 0 Å². The zero-order valence-electron chi connectivity index (χ0n) is 16.0. The van der Waals surface area contributed by atoms with Crippen LogP contribution in [-0.2, 0) is 16.2 Å². The van der Waals surface area contributed by atoms with Gasteiger partial charge in [-0.25, -0.2) is 5.43 Å². The Morgan fingerprint density at radius 3 is 2.33 bits per heavy atom. The number of benzene rings is 3. The molecule has 0 saturated carbocycles. The second-order valence-corrected chi connectivity index (χ2v) is 6.74. The summed E-state index contributed by atoms with van der Waals surface area (Å²) in [6.45, 7) is 0.369. The minimum absolute atomic E-state index is 0.318. The van der Waals surface area contributed by atoms with Crippen LogP contribution in [0.15, 0.2) is 84.0 Å². The van der Waals surface area contributed by atoms with E-state index in [0.29, 0.717) is 23.1 Å². The Morgan fingerprint density at radius 1 is 0.900 bits per heavy atom. The van der Waals surface area contributed by atoms with Gasteiger partial charge in [-0.3, -0.25) is 9.59 Å². The van der Waals surface area contributed by atoms with Crippen molar-refractivity contribution < 1.29 is 14.3 Å². The maximum atomic E-state index is 11.8. The minimum Gasteiger partial charge on any atom is -0.489 e. The first-order valence-electron chi connectivity index (χ1n) is 9.23. The number of para-hydroxylation sites is 1. The van der Waals surface area contributed by atoms with Crippen molar-refractivity contribution in [1.29, 1.82) is 0 Å². The van der Waals surface area contributed by atoms with Gasteiger partial charge in [0.2, 0.25) is 11.8 Å². The van der Waals surface area contributed by atoms with E-state index in [0.717, 1.165) is 11.1 Å². The zero-order valence-corrected chi connectivity index (χ0v) is 16.8. The second kappa shape index (κ2) is 10.8. The van der Waals surface area contributed by atoms with Crippen LogP contribution < -0.4 is 15.5 Å². The predicted molar refractivity (Wildman–Crippen MR) is 118 cm³/mol. The Morgan fingerprint density at radius 2 is 1.60 bits per heavy atom. The fraction of sp³-hybridized carbons (Fsp3) is 0.0870. The number of carbonyl (C=O) groups is 2. The van der Waals surface area contributed by atoms with Gasteiger partial charge in [-0.1, -0.05) is 48.0 Å². The van der Waals surface area contributed by atoms with Gasteiger partial charge in [-0.2, -0.15) is 5.10 Å². The molecule has 0 bridgehead atoms. The standard InChI is InChI=1S/C23H20ClN3O3/c24-21-9-5-4-6-18(21)16-30-20-12-10-17(11-13-20)15-25-27-23(29)14-22(28)26-19-7-2-1-3-8-19/h1-13,15H,14,16H2,(H,26,28)(H,27,29). The number of halogens is 1. The second-order valence-electron chi connectivity index (χ2n) is 6.33. The highest BCUT2D eigenvalue weighted by Crippen LogP contribution is 2.18. The van der Waals surface area contributed by atoms with Gasteiger partial charge in [0.05, 0.1) is 6.21 Å². The van der Waals surface area contributed by atoms with Gasteiger partial charge in [0.25, 0.3) is 0 Å². The third-order valence-corrected chi connectivity index (χ3v) is 4.38. The maximum absolute atomic E-state index is 11.8. The normalized spacial score (nSPS) is 10.6. The number of rotatable bonds is 8. The lowest BCUT2D eigenvalue weighted by atomic mass is 10.2. The topological polar surface area (TPSA) is 79.8 Å². The Balaban J connectivity index is 1.43. The lowest BCUT2D eigenvalue weighted by molar-refractivity contribution is -0.126. The van der Waals surface area contributed by atoms with Crippen LogP contribution in [0.2, 0.25) is 5.02 Å². The Hall–Kier alpha value is -3.64. The molecule has 0 aromatic heterocycles. The smallest absolute Gasteiger partial charge is 0.249 e. The van der Waals surface area contributed by atoms with Crippen molar-refractivity contribution in [3.63, 3.8) is 0 Å². The lowest BCUT2D eigenvalue weighted by Gasteiger charge is -2.07. The quantitative estimate of drug-likeness (QED) is 0.321. The molecule has 0 aliphatic carbocycles. The molecule has 3 aromatic rings. The Kier molecular flexibility index (Phi) is 7.58. The highest BCUT2D eigenvalue weighted by molar-refractivity contribution is 6.31. The van der Waals surface area contributed by atoms with Crippen LogP contribution in [0.1, 0.15) is 17.5 Å². The van der Waals surface area contributed by atoms with Crippen LogP contribution in [0.4, 0.5) is 5.69 Å². The first-order valence-corrected chi connectivity index (χ1v) is 9.61. The van der Waals surface area contributed by atoms with Crippen LogP contribution in [0.5, 0.6) is 5.75 Å². The van der Waals surface area contributed by atoms with Crippen molar-refractivity contribution in [2.24, 2.45) is 5.10 Å². The highest BCUT2D eigenvalue weighted by atomic mass is 35.5. The SMILES string of the molecule is O=C(CC(=O)Nc1ccccc1)NN=Cc1ccc(OCc2ccccc2Cl)cc1. The van der Waals surface area contributed by atoms with E-state index in [9.17, 15) is 9.59 Å². The molecule has 0 radical (unpaired) electrons.